The number of anilines is 1. The summed E-state index contributed by atoms with van der Waals surface area (Å²) in [5, 5.41) is 4.93. The van der Waals surface area contributed by atoms with Gasteiger partial charge in [-0.05, 0) is 54.7 Å². The van der Waals surface area contributed by atoms with Gasteiger partial charge in [0.15, 0.2) is 0 Å². The number of hydrogen-bond acceptors (Lipinski definition) is 5. The number of hydrogen-bond donors (Lipinski definition) is 1. The summed E-state index contributed by atoms with van der Waals surface area (Å²) < 4.78 is 41.3. The Morgan fingerprint density at radius 1 is 1.05 bits per heavy atom. The highest BCUT2D eigenvalue weighted by Crippen LogP contribution is 2.41. The summed E-state index contributed by atoms with van der Waals surface area (Å²) in [7, 11) is 0. The van der Waals surface area contributed by atoms with Gasteiger partial charge in [-0.3, -0.25) is 9.59 Å². The number of amides is 2. The number of nitrogens with two attached hydrogens (primary N) is 1. The standard InChI is InChI=1S/C28H27F3N6O2/c1-2-24(38)35-13-11-20-25-21(37(34-20)18-7-5-17(6-8-18)16-3-4-16)12-14-36(22(25)15-35)27(39)19-9-10-23(28(29,30)31)33-26(19)32/h2,5-10,16,22H,1,3-4,11-15H2,(H2,32,33)/t22-/m1/s1. The average Bonchev–Trinajstić information content (AvgIpc) is 3.73. The molecule has 1 aromatic carbocycles. The smallest absolute Gasteiger partial charge is 0.383 e. The summed E-state index contributed by atoms with van der Waals surface area (Å²) in [6.07, 6.45) is -0.0340. The number of nitrogen functional groups attached to an aromatic ring is 1. The van der Waals surface area contributed by atoms with Gasteiger partial charge in [-0.25, -0.2) is 9.67 Å². The Kier molecular flexibility index (Phi) is 5.96. The summed E-state index contributed by atoms with van der Waals surface area (Å²) in [4.78, 5) is 33.0. The van der Waals surface area contributed by atoms with Gasteiger partial charge in [0.05, 0.1) is 28.7 Å². The quantitative estimate of drug-likeness (QED) is 0.508. The van der Waals surface area contributed by atoms with Crippen molar-refractivity contribution in [3.63, 3.8) is 0 Å². The van der Waals surface area contributed by atoms with Crippen molar-refractivity contribution >= 4 is 17.6 Å². The van der Waals surface area contributed by atoms with Crippen LogP contribution in [0.1, 0.15) is 63.4 Å². The van der Waals surface area contributed by atoms with Crippen LogP contribution in [-0.2, 0) is 23.8 Å². The van der Waals surface area contributed by atoms with Crippen molar-refractivity contribution in [3.05, 3.63) is 82.8 Å². The maximum atomic E-state index is 13.7. The van der Waals surface area contributed by atoms with Crippen molar-refractivity contribution in [2.45, 2.75) is 43.8 Å². The number of aromatic nitrogens is 3. The van der Waals surface area contributed by atoms with Crippen LogP contribution >= 0.6 is 0 Å². The molecule has 6 rings (SSSR count). The molecule has 3 aliphatic rings. The predicted molar refractivity (Wildman–Crippen MR) is 137 cm³/mol. The van der Waals surface area contributed by atoms with Gasteiger partial charge in [-0.1, -0.05) is 18.7 Å². The fraction of sp³-hybridized carbons (Fsp3) is 0.357. The van der Waals surface area contributed by atoms with Crippen LogP contribution in [-0.4, -0.2) is 56.0 Å². The number of pyridine rings is 1. The van der Waals surface area contributed by atoms with Crippen LogP contribution < -0.4 is 5.73 Å². The SMILES string of the molecule is C=CC(=O)N1CCc2nn(-c3ccc(C4CC4)cc3)c3c2[C@@H](C1)N(C(=O)c1ccc(C(F)(F)F)nc1N)CC3. The zero-order valence-electron chi connectivity index (χ0n) is 21.1. The lowest BCUT2D eigenvalue weighted by molar-refractivity contribution is -0.141. The molecule has 1 aliphatic carbocycles. The fourth-order valence-electron chi connectivity index (χ4n) is 5.65. The molecule has 0 spiro atoms. The van der Waals surface area contributed by atoms with Gasteiger partial charge < -0.3 is 15.5 Å². The van der Waals surface area contributed by atoms with Crippen LogP contribution in [0.5, 0.6) is 0 Å². The van der Waals surface area contributed by atoms with Crippen molar-refractivity contribution in [3.8, 4) is 5.69 Å². The van der Waals surface area contributed by atoms with Crippen LogP contribution in [0.15, 0.2) is 49.1 Å². The van der Waals surface area contributed by atoms with E-state index in [9.17, 15) is 22.8 Å². The minimum atomic E-state index is -4.68. The van der Waals surface area contributed by atoms with E-state index in [4.69, 9.17) is 10.8 Å². The molecule has 1 saturated carbocycles. The van der Waals surface area contributed by atoms with Gasteiger partial charge in [0.25, 0.3) is 5.91 Å². The molecule has 0 unspecified atom stereocenters. The first-order chi connectivity index (χ1) is 18.7. The molecule has 0 radical (unpaired) electrons. The molecule has 3 aromatic rings. The zero-order chi connectivity index (χ0) is 27.5. The van der Waals surface area contributed by atoms with Gasteiger partial charge in [-0.15, -0.1) is 0 Å². The lowest BCUT2D eigenvalue weighted by Crippen LogP contribution is -2.46. The van der Waals surface area contributed by atoms with Crippen LogP contribution in [0.25, 0.3) is 5.69 Å². The van der Waals surface area contributed by atoms with E-state index in [-0.39, 0.29) is 24.6 Å². The second kappa shape index (κ2) is 9.25. The Labute approximate surface area is 222 Å². The molecule has 2 N–H and O–H groups in total. The predicted octanol–water partition coefficient (Wildman–Crippen LogP) is 4.06. The number of alkyl halides is 3. The number of halogens is 3. The molecule has 8 nitrogen and oxygen atoms in total. The van der Waals surface area contributed by atoms with E-state index in [0.717, 1.165) is 34.8 Å². The van der Waals surface area contributed by atoms with Gasteiger partial charge in [0.2, 0.25) is 5.91 Å². The highest BCUT2D eigenvalue weighted by atomic mass is 19.4. The monoisotopic (exact) mass is 536 g/mol. The van der Waals surface area contributed by atoms with Crippen molar-refractivity contribution in [1.29, 1.82) is 0 Å². The van der Waals surface area contributed by atoms with E-state index in [2.05, 4.69) is 35.8 Å². The molecule has 2 aromatic heterocycles. The molecular formula is C28H27F3N6O2. The number of nitrogens with zero attached hydrogens (tertiary/aromatic N) is 5. The van der Waals surface area contributed by atoms with Crippen molar-refractivity contribution in [1.82, 2.24) is 24.6 Å². The van der Waals surface area contributed by atoms with Crippen LogP contribution in [0.2, 0.25) is 0 Å². The first-order valence-electron chi connectivity index (χ1n) is 12.9. The minimum absolute atomic E-state index is 0.109. The topological polar surface area (TPSA) is 97.4 Å². The van der Waals surface area contributed by atoms with Crippen molar-refractivity contribution in [2.24, 2.45) is 0 Å². The Morgan fingerprint density at radius 3 is 2.44 bits per heavy atom. The molecule has 0 bridgehead atoms. The third kappa shape index (κ3) is 4.45. The molecule has 39 heavy (non-hydrogen) atoms. The van der Waals surface area contributed by atoms with E-state index >= 15 is 0 Å². The van der Waals surface area contributed by atoms with E-state index in [1.807, 2.05) is 4.68 Å². The minimum Gasteiger partial charge on any atom is -0.383 e. The number of carbonyl (C=O) groups is 2. The number of carbonyl (C=O) groups excluding carboxylic acids is 2. The fourth-order valence-corrected chi connectivity index (χ4v) is 5.65. The maximum absolute atomic E-state index is 13.7. The van der Waals surface area contributed by atoms with E-state index < -0.39 is 29.6 Å². The van der Waals surface area contributed by atoms with E-state index in [1.165, 1.54) is 24.5 Å². The summed E-state index contributed by atoms with van der Waals surface area (Å²) in [5.74, 6) is -0.653. The summed E-state index contributed by atoms with van der Waals surface area (Å²) in [6, 6.07) is 9.66. The average molecular weight is 537 g/mol. The molecule has 0 saturated heterocycles. The highest BCUT2D eigenvalue weighted by molar-refractivity contribution is 5.99. The number of rotatable bonds is 4. The molecule has 2 aliphatic heterocycles. The lowest BCUT2D eigenvalue weighted by atomic mass is 9.94. The molecule has 4 heterocycles. The first kappa shape index (κ1) is 25.1. The second-order valence-electron chi connectivity index (χ2n) is 10.2. The molecule has 11 heteroatoms. The van der Waals surface area contributed by atoms with E-state index in [0.29, 0.717) is 25.3 Å². The molecule has 2 amide bonds. The molecule has 1 atom stereocenters. The van der Waals surface area contributed by atoms with Crippen molar-refractivity contribution in [2.75, 3.05) is 25.4 Å². The highest BCUT2D eigenvalue weighted by Gasteiger charge is 2.41. The van der Waals surface area contributed by atoms with Gasteiger partial charge >= 0.3 is 6.18 Å². The zero-order valence-corrected chi connectivity index (χ0v) is 21.1. The summed E-state index contributed by atoms with van der Waals surface area (Å²) >= 11 is 0. The Bertz CT molecular complexity index is 1480. The molecule has 1 fully saturated rings. The summed E-state index contributed by atoms with van der Waals surface area (Å²) in [6.45, 7) is 4.48. The third-order valence-corrected chi connectivity index (χ3v) is 7.79. The largest absolute Gasteiger partial charge is 0.433 e. The van der Waals surface area contributed by atoms with Crippen LogP contribution in [0.4, 0.5) is 19.0 Å². The first-order valence-corrected chi connectivity index (χ1v) is 12.9. The summed E-state index contributed by atoms with van der Waals surface area (Å²) in [5.41, 5.74) is 9.44. The lowest BCUT2D eigenvalue weighted by Gasteiger charge is -2.38. The van der Waals surface area contributed by atoms with Gasteiger partial charge in [-0.2, -0.15) is 18.3 Å². The van der Waals surface area contributed by atoms with Crippen LogP contribution in [0.3, 0.4) is 0 Å². The van der Waals surface area contributed by atoms with Gasteiger partial charge in [0, 0.05) is 38.0 Å². The Hall–Kier alpha value is -4.15. The van der Waals surface area contributed by atoms with Crippen LogP contribution in [0, 0.1) is 0 Å². The normalized spacial score (nSPS) is 18.9. The van der Waals surface area contributed by atoms with E-state index in [1.54, 1.807) is 9.80 Å². The molecular weight excluding hydrogens is 509 g/mol. The maximum Gasteiger partial charge on any atom is 0.433 e. The second-order valence-corrected chi connectivity index (χ2v) is 10.2. The van der Waals surface area contributed by atoms with Gasteiger partial charge in [0.1, 0.15) is 11.5 Å². The third-order valence-electron chi connectivity index (χ3n) is 7.79. The van der Waals surface area contributed by atoms with Crippen molar-refractivity contribution < 1.29 is 22.8 Å². The Morgan fingerprint density at radius 2 is 1.79 bits per heavy atom. The Balaban J connectivity index is 1.39. The number of benzene rings is 1. The molecule has 202 valence electrons.